The molecular formula is C12H26IN3O2. The Morgan fingerprint density at radius 2 is 1.67 bits per heavy atom. The first-order valence-electron chi connectivity index (χ1n) is 5.74. The SMILES string of the molecule is CN=C(NCC(=O)OC(C)(C)C)NC(C)(C)C.I. The fourth-order valence-corrected chi connectivity index (χ4v) is 1.07. The molecule has 0 fully saturated rings. The van der Waals surface area contributed by atoms with Gasteiger partial charge in [-0.25, -0.2) is 0 Å². The first kappa shape index (κ1) is 19.8. The van der Waals surface area contributed by atoms with Crippen molar-refractivity contribution < 1.29 is 9.53 Å². The molecule has 0 unspecified atom stereocenters. The van der Waals surface area contributed by atoms with Crippen LogP contribution in [0.25, 0.3) is 0 Å². The average Bonchev–Trinajstić information content (AvgIpc) is 2.07. The van der Waals surface area contributed by atoms with Crippen LogP contribution >= 0.6 is 24.0 Å². The second kappa shape index (κ2) is 7.81. The third-order valence-corrected chi connectivity index (χ3v) is 1.54. The number of guanidine groups is 1. The summed E-state index contributed by atoms with van der Waals surface area (Å²) in [5.41, 5.74) is -0.560. The van der Waals surface area contributed by atoms with Gasteiger partial charge in [0.1, 0.15) is 12.1 Å². The van der Waals surface area contributed by atoms with Crippen molar-refractivity contribution in [3.05, 3.63) is 0 Å². The van der Waals surface area contributed by atoms with Crippen molar-refractivity contribution in [3.8, 4) is 0 Å². The molecule has 0 bridgehead atoms. The van der Waals surface area contributed by atoms with Crippen molar-refractivity contribution in [1.82, 2.24) is 10.6 Å². The summed E-state index contributed by atoms with van der Waals surface area (Å²) in [6.45, 7) is 11.7. The zero-order valence-electron chi connectivity index (χ0n) is 12.4. The second-order valence-corrected chi connectivity index (χ2v) is 5.89. The second-order valence-electron chi connectivity index (χ2n) is 5.89. The van der Waals surface area contributed by atoms with Gasteiger partial charge in [0, 0.05) is 12.6 Å². The minimum absolute atomic E-state index is 0. The van der Waals surface area contributed by atoms with Crippen LogP contribution in [0, 0.1) is 0 Å². The van der Waals surface area contributed by atoms with Gasteiger partial charge in [-0.1, -0.05) is 0 Å². The summed E-state index contributed by atoms with van der Waals surface area (Å²) in [6.07, 6.45) is 0. The highest BCUT2D eigenvalue weighted by molar-refractivity contribution is 14.0. The summed E-state index contributed by atoms with van der Waals surface area (Å²) in [5, 5.41) is 6.07. The number of ether oxygens (including phenoxy) is 1. The number of halogens is 1. The van der Waals surface area contributed by atoms with Gasteiger partial charge in [0.05, 0.1) is 0 Å². The first-order chi connectivity index (χ1) is 7.53. The van der Waals surface area contributed by atoms with Gasteiger partial charge in [-0.15, -0.1) is 24.0 Å². The predicted octanol–water partition coefficient (Wildman–Crippen LogP) is 1.91. The summed E-state index contributed by atoms with van der Waals surface area (Å²) in [7, 11) is 1.66. The Kier molecular flexibility index (Phi) is 8.59. The maximum atomic E-state index is 11.5. The standard InChI is InChI=1S/C12H25N3O2.HI/c1-11(2,3)15-10(13-7)14-8-9(16)17-12(4,5)6;/h8H2,1-7H3,(H2,13,14,15);1H. The van der Waals surface area contributed by atoms with Crippen molar-refractivity contribution >= 4 is 35.9 Å². The van der Waals surface area contributed by atoms with E-state index in [4.69, 9.17) is 4.74 Å². The number of nitrogens with zero attached hydrogens (tertiary/aromatic N) is 1. The smallest absolute Gasteiger partial charge is 0.325 e. The number of nitrogens with one attached hydrogen (secondary N) is 2. The van der Waals surface area contributed by atoms with E-state index in [0.29, 0.717) is 5.96 Å². The van der Waals surface area contributed by atoms with E-state index >= 15 is 0 Å². The maximum Gasteiger partial charge on any atom is 0.325 e. The molecule has 0 spiro atoms. The van der Waals surface area contributed by atoms with Crippen molar-refractivity contribution in [3.63, 3.8) is 0 Å². The van der Waals surface area contributed by atoms with Crippen LogP contribution in [0.5, 0.6) is 0 Å². The third-order valence-electron chi connectivity index (χ3n) is 1.54. The van der Waals surface area contributed by atoms with Gasteiger partial charge < -0.3 is 15.4 Å². The van der Waals surface area contributed by atoms with E-state index in [-0.39, 0.29) is 42.0 Å². The molecule has 0 saturated heterocycles. The molecule has 0 aromatic heterocycles. The van der Waals surface area contributed by atoms with Crippen LogP contribution in [0.4, 0.5) is 0 Å². The summed E-state index contributed by atoms with van der Waals surface area (Å²) in [6, 6.07) is 0. The highest BCUT2D eigenvalue weighted by atomic mass is 127. The van der Waals surface area contributed by atoms with E-state index in [0.717, 1.165) is 0 Å². The molecular weight excluding hydrogens is 345 g/mol. The monoisotopic (exact) mass is 371 g/mol. The minimum Gasteiger partial charge on any atom is -0.459 e. The fourth-order valence-electron chi connectivity index (χ4n) is 1.07. The van der Waals surface area contributed by atoms with Crippen LogP contribution in [0.2, 0.25) is 0 Å². The van der Waals surface area contributed by atoms with Gasteiger partial charge in [-0.3, -0.25) is 9.79 Å². The van der Waals surface area contributed by atoms with Gasteiger partial charge in [0.2, 0.25) is 0 Å². The highest BCUT2D eigenvalue weighted by Gasteiger charge is 2.17. The van der Waals surface area contributed by atoms with Crippen molar-refractivity contribution in [2.24, 2.45) is 4.99 Å². The van der Waals surface area contributed by atoms with Crippen LogP contribution in [0.15, 0.2) is 4.99 Å². The Hall–Kier alpha value is -0.530. The van der Waals surface area contributed by atoms with Gasteiger partial charge in [-0.2, -0.15) is 0 Å². The molecule has 0 rings (SSSR count). The van der Waals surface area contributed by atoms with Crippen molar-refractivity contribution in [2.75, 3.05) is 13.6 Å². The molecule has 108 valence electrons. The Morgan fingerprint density at radius 1 is 1.17 bits per heavy atom. The molecule has 2 N–H and O–H groups in total. The van der Waals surface area contributed by atoms with Crippen LogP contribution in [-0.2, 0) is 9.53 Å². The van der Waals surface area contributed by atoms with Crippen LogP contribution in [-0.4, -0.2) is 36.7 Å². The lowest BCUT2D eigenvalue weighted by Crippen LogP contribution is -2.49. The normalized spacial score (nSPS) is 12.5. The number of aliphatic imine (C=N–C) groups is 1. The van der Waals surface area contributed by atoms with Crippen LogP contribution in [0.3, 0.4) is 0 Å². The largest absolute Gasteiger partial charge is 0.459 e. The predicted molar refractivity (Wildman–Crippen MR) is 85.5 cm³/mol. The third kappa shape index (κ3) is 11.9. The van der Waals surface area contributed by atoms with Crippen molar-refractivity contribution in [1.29, 1.82) is 0 Å². The van der Waals surface area contributed by atoms with E-state index in [1.165, 1.54) is 0 Å². The molecule has 0 atom stereocenters. The molecule has 0 heterocycles. The summed E-state index contributed by atoms with van der Waals surface area (Å²) in [4.78, 5) is 15.5. The van der Waals surface area contributed by atoms with E-state index < -0.39 is 5.60 Å². The zero-order chi connectivity index (χ0) is 13.7. The molecule has 0 aliphatic heterocycles. The van der Waals surface area contributed by atoms with Gasteiger partial charge in [-0.05, 0) is 41.5 Å². The lowest BCUT2D eigenvalue weighted by Gasteiger charge is -2.24. The highest BCUT2D eigenvalue weighted by Crippen LogP contribution is 2.06. The van der Waals surface area contributed by atoms with E-state index in [1.54, 1.807) is 7.05 Å². The molecule has 0 saturated carbocycles. The van der Waals surface area contributed by atoms with Crippen LogP contribution < -0.4 is 10.6 Å². The Labute approximate surface area is 127 Å². The molecule has 0 aromatic rings. The lowest BCUT2D eigenvalue weighted by atomic mass is 10.1. The molecule has 0 aliphatic rings. The van der Waals surface area contributed by atoms with E-state index in [2.05, 4.69) is 15.6 Å². The van der Waals surface area contributed by atoms with Gasteiger partial charge >= 0.3 is 5.97 Å². The number of carbonyl (C=O) groups excluding carboxylic acids is 1. The maximum absolute atomic E-state index is 11.5. The molecule has 0 aromatic carbocycles. The summed E-state index contributed by atoms with van der Waals surface area (Å²) >= 11 is 0. The van der Waals surface area contributed by atoms with E-state index in [1.807, 2.05) is 41.5 Å². The first-order valence-corrected chi connectivity index (χ1v) is 5.74. The number of esters is 1. The Bertz CT molecular complexity index is 291. The van der Waals surface area contributed by atoms with Crippen molar-refractivity contribution in [2.45, 2.75) is 52.7 Å². The minimum atomic E-state index is -0.459. The quantitative estimate of drug-likeness (QED) is 0.337. The molecule has 0 radical (unpaired) electrons. The van der Waals surface area contributed by atoms with Crippen LogP contribution in [0.1, 0.15) is 41.5 Å². The Balaban J connectivity index is 0. The summed E-state index contributed by atoms with van der Waals surface area (Å²) in [5.74, 6) is 0.290. The zero-order valence-corrected chi connectivity index (χ0v) is 14.7. The molecule has 6 heteroatoms. The molecule has 18 heavy (non-hydrogen) atoms. The van der Waals surface area contributed by atoms with E-state index in [9.17, 15) is 4.79 Å². The number of hydrogen-bond donors (Lipinski definition) is 2. The molecule has 5 nitrogen and oxygen atoms in total. The number of carbonyl (C=O) groups is 1. The topological polar surface area (TPSA) is 62.7 Å². The number of hydrogen-bond acceptors (Lipinski definition) is 3. The fraction of sp³-hybridized carbons (Fsp3) is 0.833. The number of rotatable bonds is 2. The average molecular weight is 371 g/mol. The van der Waals surface area contributed by atoms with Gasteiger partial charge in [0.15, 0.2) is 5.96 Å². The summed E-state index contributed by atoms with van der Waals surface area (Å²) < 4.78 is 5.18. The lowest BCUT2D eigenvalue weighted by molar-refractivity contribution is -0.153. The Morgan fingerprint density at radius 3 is 2.00 bits per heavy atom. The van der Waals surface area contributed by atoms with Gasteiger partial charge in [0.25, 0.3) is 0 Å². The molecule has 0 aliphatic carbocycles. The molecule has 0 amide bonds.